The zero-order valence-electron chi connectivity index (χ0n) is 11.3. The molecular formula is C13H24N4. The Morgan fingerprint density at radius 2 is 1.94 bits per heavy atom. The van der Waals surface area contributed by atoms with E-state index in [-0.39, 0.29) is 0 Å². The van der Waals surface area contributed by atoms with Gasteiger partial charge in [-0.25, -0.2) is 4.98 Å². The minimum absolute atomic E-state index is 0.439. The van der Waals surface area contributed by atoms with Gasteiger partial charge in [0, 0.05) is 18.8 Å². The Kier molecular flexibility index (Phi) is 5.73. The van der Waals surface area contributed by atoms with E-state index in [2.05, 4.69) is 41.4 Å². The highest BCUT2D eigenvalue weighted by atomic mass is 15.1. The molecule has 4 heteroatoms. The van der Waals surface area contributed by atoms with Gasteiger partial charge in [0.05, 0.1) is 0 Å². The van der Waals surface area contributed by atoms with E-state index < -0.39 is 0 Å². The van der Waals surface area contributed by atoms with E-state index in [0.717, 1.165) is 12.4 Å². The van der Waals surface area contributed by atoms with E-state index in [0.29, 0.717) is 17.9 Å². The average Bonchev–Trinajstić information content (AvgIpc) is 2.31. The Hall–Kier alpha value is -1.32. The molecule has 2 N–H and O–H groups in total. The van der Waals surface area contributed by atoms with E-state index in [9.17, 15) is 0 Å². The normalized spacial score (nSPS) is 12.5. The molecule has 0 aromatic carbocycles. The van der Waals surface area contributed by atoms with Crippen LogP contribution in [-0.2, 0) is 0 Å². The molecule has 0 aliphatic carbocycles. The predicted octanol–water partition coefficient (Wildman–Crippen LogP) is 3.15. The molecule has 0 radical (unpaired) electrons. The van der Waals surface area contributed by atoms with Crippen molar-refractivity contribution in [2.75, 3.05) is 17.2 Å². The third-order valence-corrected chi connectivity index (χ3v) is 3.12. The summed E-state index contributed by atoms with van der Waals surface area (Å²) in [7, 11) is 0. The summed E-state index contributed by atoms with van der Waals surface area (Å²) in [6, 6.07) is 2.36. The van der Waals surface area contributed by atoms with E-state index in [4.69, 9.17) is 0 Å². The molecule has 1 rings (SSSR count). The molecule has 4 nitrogen and oxygen atoms in total. The van der Waals surface area contributed by atoms with Crippen LogP contribution in [0.4, 0.5) is 11.8 Å². The van der Waals surface area contributed by atoms with Crippen molar-refractivity contribution < 1.29 is 0 Å². The summed E-state index contributed by atoms with van der Waals surface area (Å²) >= 11 is 0. The van der Waals surface area contributed by atoms with E-state index in [1.165, 1.54) is 12.8 Å². The molecule has 0 aliphatic rings. The number of nitrogens with one attached hydrogen (secondary N) is 2. The van der Waals surface area contributed by atoms with Crippen molar-refractivity contribution in [2.45, 2.75) is 46.6 Å². The molecule has 0 aliphatic heterocycles. The summed E-state index contributed by atoms with van der Waals surface area (Å²) in [5.41, 5.74) is 0. The van der Waals surface area contributed by atoms with Crippen molar-refractivity contribution in [3.63, 3.8) is 0 Å². The number of anilines is 2. The third kappa shape index (κ3) is 4.21. The summed E-state index contributed by atoms with van der Waals surface area (Å²) in [5, 5.41) is 6.57. The van der Waals surface area contributed by atoms with Crippen LogP contribution in [-0.4, -0.2) is 22.6 Å². The summed E-state index contributed by atoms with van der Waals surface area (Å²) < 4.78 is 0. The second-order valence-electron chi connectivity index (χ2n) is 4.31. The van der Waals surface area contributed by atoms with Gasteiger partial charge in [-0.3, -0.25) is 0 Å². The highest BCUT2D eigenvalue weighted by molar-refractivity contribution is 5.40. The Morgan fingerprint density at radius 3 is 2.53 bits per heavy atom. The van der Waals surface area contributed by atoms with Gasteiger partial charge in [-0.05, 0) is 25.8 Å². The first-order chi connectivity index (χ1) is 8.21. The SMILES string of the molecule is CCNc1nccc(NC(C)C(CC)CC)n1. The molecule has 1 heterocycles. The van der Waals surface area contributed by atoms with Crippen LogP contribution < -0.4 is 10.6 Å². The van der Waals surface area contributed by atoms with Crippen LogP contribution in [0.25, 0.3) is 0 Å². The van der Waals surface area contributed by atoms with E-state index >= 15 is 0 Å². The monoisotopic (exact) mass is 236 g/mol. The Bertz CT molecular complexity index is 323. The Labute approximate surface area is 104 Å². The van der Waals surface area contributed by atoms with Crippen LogP contribution in [0.2, 0.25) is 0 Å². The largest absolute Gasteiger partial charge is 0.367 e. The lowest BCUT2D eigenvalue weighted by Gasteiger charge is -2.23. The number of rotatable bonds is 7. The molecule has 1 atom stereocenters. The molecule has 96 valence electrons. The van der Waals surface area contributed by atoms with Gasteiger partial charge in [0.25, 0.3) is 0 Å². The smallest absolute Gasteiger partial charge is 0.224 e. The number of aromatic nitrogens is 2. The van der Waals surface area contributed by atoms with Crippen LogP contribution in [0.3, 0.4) is 0 Å². The van der Waals surface area contributed by atoms with E-state index in [1.54, 1.807) is 6.20 Å². The number of hydrogen-bond donors (Lipinski definition) is 2. The van der Waals surface area contributed by atoms with Crippen molar-refractivity contribution in [3.05, 3.63) is 12.3 Å². The Morgan fingerprint density at radius 1 is 1.24 bits per heavy atom. The average molecular weight is 236 g/mol. The maximum absolute atomic E-state index is 4.42. The molecule has 0 bridgehead atoms. The predicted molar refractivity (Wildman–Crippen MR) is 73.4 cm³/mol. The first-order valence-corrected chi connectivity index (χ1v) is 6.54. The van der Waals surface area contributed by atoms with Gasteiger partial charge in [0.2, 0.25) is 5.95 Å². The first-order valence-electron chi connectivity index (χ1n) is 6.54. The quantitative estimate of drug-likeness (QED) is 0.763. The van der Waals surface area contributed by atoms with Gasteiger partial charge in [-0.2, -0.15) is 4.98 Å². The van der Waals surface area contributed by atoms with Gasteiger partial charge in [0.1, 0.15) is 5.82 Å². The Balaban J connectivity index is 2.63. The number of hydrogen-bond acceptors (Lipinski definition) is 4. The van der Waals surface area contributed by atoms with Gasteiger partial charge < -0.3 is 10.6 Å². The standard InChI is InChI=1S/C13H24N4/c1-5-11(6-2)10(4)16-12-8-9-15-13(17-12)14-7-3/h8-11H,5-7H2,1-4H3,(H2,14,15,16,17). The highest BCUT2D eigenvalue weighted by Crippen LogP contribution is 2.17. The summed E-state index contributed by atoms with van der Waals surface area (Å²) in [4.78, 5) is 8.58. The van der Waals surface area contributed by atoms with Crippen molar-refractivity contribution in [2.24, 2.45) is 5.92 Å². The third-order valence-electron chi connectivity index (χ3n) is 3.12. The van der Waals surface area contributed by atoms with Gasteiger partial charge in [0.15, 0.2) is 0 Å². The lowest BCUT2D eigenvalue weighted by molar-refractivity contribution is 0.437. The summed E-state index contributed by atoms with van der Waals surface area (Å²) in [6.45, 7) is 9.56. The maximum atomic E-state index is 4.42. The van der Waals surface area contributed by atoms with Crippen molar-refractivity contribution in [3.8, 4) is 0 Å². The van der Waals surface area contributed by atoms with Crippen molar-refractivity contribution in [1.82, 2.24) is 9.97 Å². The maximum Gasteiger partial charge on any atom is 0.224 e. The first kappa shape index (κ1) is 13.7. The van der Waals surface area contributed by atoms with E-state index in [1.807, 2.05) is 13.0 Å². The fourth-order valence-electron chi connectivity index (χ4n) is 2.03. The summed E-state index contributed by atoms with van der Waals surface area (Å²) in [5.74, 6) is 2.28. The molecule has 0 spiro atoms. The fraction of sp³-hybridized carbons (Fsp3) is 0.692. The minimum Gasteiger partial charge on any atom is -0.367 e. The zero-order chi connectivity index (χ0) is 12.7. The molecule has 0 amide bonds. The lowest BCUT2D eigenvalue weighted by Crippen LogP contribution is -2.25. The van der Waals surface area contributed by atoms with Gasteiger partial charge in [-0.1, -0.05) is 26.7 Å². The molecular weight excluding hydrogens is 212 g/mol. The molecule has 1 aromatic heterocycles. The van der Waals surface area contributed by atoms with Gasteiger partial charge in [-0.15, -0.1) is 0 Å². The molecule has 1 unspecified atom stereocenters. The fourth-order valence-corrected chi connectivity index (χ4v) is 2.03. The van der Waals surface area contributed by atoms with Crippen molar-refractivity contribution in [1.29, 1.82) is 0 Å². The number of nitrogens with zero attached hydrogens (tertiary/aromatic N) is 2. The summed E-state index contributed by atoms with van der Waals surface area (Å²) in [6.07, 6.45) is 4.17. The highest BCUT2D eigenvalue weighted by Gasteiger charge is 2.13. The van der Waals surface area contributed by atoms with Crippen LogP contribution >= 0.6 is 0 Å². The molecule has 1 aromatic rings. The van der Waals surface area contributed by atoms with Crippen LogP contribution in [0, 0.1) is 5.92 Å². The topological polar surface area (TPSA) is 49.8 Å². The molecule has 0 fully saturated rings. The van der Waals surface area contributed by atoms with Crippen molar-refractivity contribution >= 4 is 11.8 Å². The second-order valence-corrected chi connectivity index (χ2v) is 4.31. The van der Waals surface area contributed by atoms with Crippen LogP contribution in [0.1, 0.15) is 40.5 Å². The molecule has 17 heavy (non-hydrogen) atoms. The van der Waals surface area contributed by atoms with Crippen LogP contribution in [0.5, 0.6) is 0 Å². The minimum atomic E-state index is 0.439. The molecule has 0 saturated carbocycles. The molecule has 0 saturated heterocycles. The zero-order valence-corrected chi connectivity index (χ0v) is 11.3. The lowest BCUT2D eigenvalue weighted by atomic mass is 9.95. The van der Waals surface area contributed by atoms with Crippen LogP contribution in [0.15, 0.2) is 12.3 Å². The second kappa shape index (κ2) is 7.09. The van der Waals surface area contributed by atoms with Gasteiger partial charge >= 0.3 is 0 Å².